The lowest BCUT2D eigenvalue weighted by atomic mass is 9.95. The van der Waals surface area contributed by atoms with Crippen LogP contribution in [0.25, 0.3) is 0 Å². The molecule has 5 heteroatoms. The maximum absolute atomic E-state index is 12.6. The summed E-state index contributed by atoms with van der Waals surface area (Å²) in [6.45, 7) is 5.79. The van der Waals surface area contributed by atoms with Crippen molar-refractivity contribution in [1.29, 1.82) is 0 Å². The number of methoxy groups -OCH3 is 1. The third-order valence-electron chi connectivity index (χ3n) is 4.81. The topological polar surface area (TPSA) is 61.8 Å². The number of carbonyl (C=O) groups is 1. The van der Waals surface area contributed by atoms with Gasteiger partial charge < -0.3 is 20.1 Å². The molecule has 2 N–H and O–H groups in total. The summed E-state index contributed by atoms with van der Waals surface area (Å²) in [7, 11) is 1.67. The maximum Gasteiger partial charge on any atom is 0.317 e. The number of hydrogen-bond donors (Lipinski definition) is 2. The van der Waals surface area contributed by atoms with Gasteiger partial charge in [0.15, 0.2) is 0 Å². The molecule has 1 aliphatic rings. The van der Waals surface area contributed by atoms with Gasteiger partial charge in [-0.1, -0.05) is 32.0 Å². The number of piperidine rings is 1. The van der Waals surface area contributed by atoms with Gasteiger partial charge in [-0.2, -0.15) is 0 Å². The number of amides is 2. The molecule has 5 nitrogen and oxygen atoms in total. The van der Waals surface area contributed by atoms with Crippen molar-refractivity contribution in [1.82, 2.24) is 10.2 Å². The van der Waals surface area contributed by atoms with Gasteiger partial charge >= 0.3 is 6.03 Å². The molecule has 1 saturated heterocycles. The minimum Gasteiger partial charge on any atom is -0.496 e. The number of rotatable bonds is 6. The smallest absolute Gasteiger partial charge is 0.317 e. The third kappa shape index (κ3) is 4.87. The van der Waals surface area contributed by atoms with Crippen molar-refractivity contribution in [2.75, 3.05) is 26.8 Å². The van der Waals surface area contributed by atoms with Crippen LogP contribution in [-0.2, 0) is 6.42 Å². The number of urea groups is 1. The van der Waals surface area contributed by atoms with Crippen LogP contribution in [0.5, 0.6) is 5.75 Å². The van der Waals surface area contributed by atoms with Gasteiger partial charge in [0.05, 0.1) is 7.11 Å². The molecule has 0 aromatic heterocycles. The SMILES string of the molecule is COc1ccccc1CC(NC(=O)N1CCCC(CO)C1)C(C)C. The molecule has 1 aromatic rings. The summed E-state index contributed by atoms with van der Waals surface area (Å²) in [6.07, 6.45) is 2.69. The lowest BCUT2D eigenvalue weighted by molar-refractivity contribution is 0.126. The van der Waals surface area contributed by atoms with Gasteiger partial charge in [0.1, 0.15) is 5.75 Å². The highest BCUT2D eigenvalue weighted by molar-refractivity contribution is 5.74. The first-order valence-corrected chi connectivity index (χ1v) is 8.83. The molecule has 2 amide bonds. The van der Waals surface area contributed by atoms with Gasteiger partial charge in [-0.3, -0.25) is 0 Å². The molecule has 1 heterocycles. The molecule has 24 heavy (non-hydrogen) atoms. The van der Waals surface area contributed by atoms with E-state index in [0.717, 1.165) is 37.1 Å². The van der Waals surface area contributed by atoms with E-state index < -0.39 is 0 Å². The number of aliphatic hydroxyl groups is 1. The minimum atomic E-state index is -0.0262. The molecular weight excluding hydrogens is 304 g/mol. The Kier molecular flexibility index (Phi) is 6.91. The molecule has 1 aromatic carbocycles. The normalized spacial score (nSPS) is 19.2. The Labute approximate surface area is 145 Å². The van der Waals surface area contributed by atoms with Crippen LogP contribution < -0.4 is 10.1 Å². The molecule has 0 bridgehead atoms. The molecule has 134 valence electrons. The van der Waals surface area contributed by atoms with Crippen LogP contribution in [-0.4, -0.2) is 48.9 Å². The summed E-state index contributed by atoms with van der Waals surface area (Å²) in [6, 6.07) is 7.96. The number of benzene rings is 1. The molecular formula is C19H30N2O3. The second kappa shape index (κ2) is 8.92. The fraction of sp³-hybridized carbons (Fsp3) is 0.632. The van der Waals surface area contributed by atoms with E-state index in [0.29, 0.717) is 12.5 Å². The molecule has 1 aliphatic heterocycles. The van der Waals surface area contributed by atoms with Crippen molar-refractivity contribution in [3.8, 4) is 5.75 Å². The van der Waals surface area contributed by atoms with Crippen molar-refractivity contribution in [2.24, 2.45) is 11.8 Å². The molecule has 2 rings (SSSR count). The highest BCUT2D eigenvalue weighted by Crippen LogP contribution is 2.22. The summed E-state index contributed by atoms with van der Waals surface area (Å²) in [5.41, 5.74) is 1.10. The van der Waals surface area contributed by atoms with E-state index in [1.807, 2.05) is 29.2 Å². The maximum atomic E-state index is 12.6. The number of nitrogens with zero attached hydrogens (tertiary/aromatic N) is 1. The minimum absolute atomic E-state index is 0.0262. The second-order valence-electron chi connectivity index (χ2n) is 6.95. The van der Waals surface area contributed by atoms with Crippen LogP contribution >= 0.6 is 0 Å². The average molecular weight is 334 g/mol. The fourth-order valence-electron chi connectivity index (χ4n) is 3.21. The van der Waals surface area contributed by atoms with Crippen molar-refractivity contribution in [3.05, 3.63) is 29.8 Å². The molecule has 0 radical (unpaired) electrons. The second-order valence-corrected chi connectivity index (χ2v) is 6.95. The Morgan fingerprint density at radius 2 is 2.17 bits per heavy atom. The van der Waals surface area contributed by atoms with Crippen LogP contribution in [0, 0.1) is 11.8 Å². The number of nitrogens with one attached hydrogen (secondary N) is 1. The lowest BCUT2D eigenvalue weighted by Crippen LogP contribution is -2.51. The van der Waals surface area contributed by atoms with E-state index in [-0.39, 0.29) is 24.6 Å². The summed E-state index contributed by atoms with van der Waals surface area (Å²) in [4.78, 5) is 14.5. The Morgan fingerprint density at radius 3 is 2.83 bits per heavy atom. The summed E-state index contributed by atoms with van der Waals surface area (Å²) in [5.74, 6) is 1.38. The van der Waals surface area contributed by atoms with Crippen LogP contribution in [0.4, 0.5) is 4.79 Å². The predicted molar refractivity (Wildman–Crippen MR) is 95.2 cm³/mol. The van der Waals surface area contributed by atoms with Crippen LogP contribution in [0.3, 0.4) is 0 Å². The van der Waals surface area contributed by atoms with E-state index in [2.05, 4.69) is 19.2 Å². The Hall–Kier alpha value is -1.75. The van der Waals surface area contributed by atoms with Crippen LogP contribution in [0.2, 0.25) is 0 Å². The number of para-hydroxylation sites is 1. The molecule has 0 saturated carbocycles. The molecule has 1 fully saturated rings. The molecule has 0 spiro atoms. The van der Waals surface area contributed by atoms with Gasteiger partial charge in [0, 0.05) is 25.7 Å². The van der Waals surface area contributed by atoms with Crippen molar-refractivity contribution in [3.63, 3.8) is 0 Å². The fourth-order valence-corrected chi connectivity index (χ4v) is 3.21. The molecule has 2 atom stereocenters. The summed E-state index contributed by atoms with van der Waals surface area (Å²) in [5, 5.41) is 12.5. The van der Waals surface area contributed by atoms with E-state index in [1.165, 1.54) is 0 Å². The van der Waals surface area contributed by atoms with Crippen LogP contribution in [0.1, 0.15) is 32.3 Å². The van der Waals surface area contributed by atoms with Gasteiger partial charge in [-0.15, -0.1) is 0 Å². The summed E-state index contributed by atoms with van der Waals surface area (Å²) >= 11 is 0. The van der Waals surface area contributed by atoms with Gasteiger partial charge in [-0.25, -0.2) is 4.79 Å². The number of hydrogen-bond acceptors (Lipinski definition) is 3. The monoisotopic (exact) mass is 334 g/mol. The largest absolute Gasteiger partial charge is 0.496 e. The average Bonchev–Trinajstić information content (AvgIpc) is 2.61. The zero-order valence-electron chi connectivity index (χ0n) is 15.0. The lowest BCUT2D eigenvalue weighted by Gasteiger charge is -2.34. The van der Waals surface area contributed by atoms with Crippen molar-refractivity contribution in [2.45, 2.75) is 39.2 Å². The third-order valence-corrected chi connectivity index (χ3v) is 4.81. The highest BCUT2D eigenvalue weighted by atomic mass is 16.5. The number of aliphatic hydroxyl groups excluding tert-OH is 1. The number of carbonyl (C=O) groups excluding carboxylic acids is 1. The first-order chi connectivity index (χ1) is 11.5. The Morgan fingerprint density at radius 1 is 1.42 bits per heavy atom. The number of ether oxygens (including phenoxy) is 1. The Bertz CT molecular complexity index is 533. The zero-order valence-corrected chi connectivity index (χ0v) is 15.0. The van der Waals surface area contributed by atoms with Crippen molar-refractivity contribution >= 4 is 6.03 Å². The van der Waals surface area contributed by atoms with E-state index in [9.17, 15) is 9.90 Å². The predicted octanol–water partition coefficient (Wildman–Crippen LogP) is 2.68. The van der Waals surface area contributed by atoms with E-state index in [4.69, 9.17) is 4.74 Å². The number of likely N-dealkylation sites (tertiary alicyclic amines) is 1. The van der Waals surface area contributed by atoms with E-state index >= 15 is 0 Å². The first kappa shape index (κ1) is 18.6. The Balaban J connectivity index is 2.01. The quantitative estimate of drug-likeness (QED) is 0.841. The van der Waals surface area contributed by atoms with Gasteiger partial charge in [0.2, 0.25) is 0 Å². The van der Waals surface area contributed by atoms with Gasteiger partial charge in [0.25, 0.3) is 0 Å². The standard InChI is InChI=1S/C19H30N2O3/c1-14(2)17(11-16-8-4-5-9-18(16)24-3)20-19(23)21-10-6-7-15(12-21)13-22/h4-5,8-9,14-15,17,22H,6-7,10-13H2,1-3H3,(H,20,23). The van der Waals surface area contributed by atoms with E-state index in [1.54, 1.807) is 7.11 Å². The van der Waals surface area contributed by atoms with Crippen LogP contribution in [0.15, 0.2) is 24.3 Å². The highest BCUT2D eigenvalue weighted by Gasteiger charge is 2.26. The molecule has 2 unspecified atom stereocenters. The molecule has 0 aliphatic carbocycles. The van der Waals surface area contributed by atoms with Gasteiger partial charge in [-0.05, 0) is 42.7 Å². The first-order valence-electron chi connectivity index (χ1n) is 8.83. The zero-order chi connectivity index (χ0) is 17.5. The summed E-state index contributed by atoms with van der Waals surface area (Å²) < 4.78 is 5.42. The van der Waals surface area contributed by atoms with Crippen molar-refractivity contribution < 1.29 is 14.6 Å².